The summed E-state index contributed by atoms with van der Waals surface area (Å²) in [6, 6.07) is 0. The molecule has 1 aromatic heterocycles. The molecule has 5 nitrogen and oxygen atoms in total. The topological polar surface area (TPSA) is 66.6 Å². The van der Waals surface area contributed by atoms with Crippen molar-refractivity contribution in [3.8, 4) is 0 Å². The summed E-state index contributed by atoms with van der Waals surface area (Å²) in [5, 5.41) is 12.3. The van der Waals surface area contributed by atoms with Crippen LogP contribution >= 0.6 is 0 Å². The lowest BCUT2D eigenvalue weighted by Gasteiger charge is -2.20. The molecule has 1 rings (SSSR count). The molecule has 17 heavy (non-hydrogen) atoms. The number of halogens is 2. The SMILES string of the molecule is Cc1noc(C)c1C(=O)N(CCO)CC(F)F. The van der Waals surface area contributed by atoms with Crippen LogP contribution < -0.4 is 0 Å². The van der Waals surface area contributed by atoms with Crippen molar-refractivity contribution in [2.24, 2.45) is 0 Å². The molecule has 0 bridgehead atoms. The normalized spacial score (nSPS) is 10.9. The van der Waals surface area contributed by atoms with Gasteiger partial charge in [-0.25, -0.2) is 8.78 Å². The first-order valence-corrected chi connectivity index (χ1v) is 5.08. The van der Waals surface area contributed by atoms with Crippen LogP contribution in [-0.2, 0) is 0 Å². The van der Waals surface area contributed by atoms with Crippen LogP contribution in [0.25, 0.3) is 0 Å². The number of aromatic nitrogens is 1. The van der Waals surface area contributed by atoms with E-state index in [1.165, 1.54) is 6.92 Å². The van der Waals surface area contributed by atoms with Crippen LogP contribution in [0.5, 0.6) is 0 Å². The van der Waals surface area contributed by atoms with Crippen LogP contribution in [0, 0.1) is 13.8 Å². The zero-order valence-electron chi connectivity index (χ0n) is 9.61. The number of rotatable bonds is 5. The van der Waals surface area contributed by atoms with Gasteiger partial charge in [0.15, 0.2) is 0 Å². The Bertz CT molecular complexity index is 373. The van der Waals surface area contributed by atoms with E-state index in [9.17, 15) is 13.6 Å². The molecule has 0 aliphatic carbocycles. The maximum absolute atomic E-state index is 12.3. The Labute approximate surface area is 97.0 Å². The quantitative estimate of drug-likeness (QED) is 0.843. The lowest BCUT2D eigenvalue weighted by molar-refractivity contribution is 0.0507. The third-order valence-corrected chi connectivity index (χ3v) is 2.26. The van der Waals surface area contributed by atoms with E-state index in [2.05, 4.69) is 5.16 Å². The number of amides is 1. The zero-order chi connectivity index (χ0) is 13.0. The lowest BCUT2D eigenvalue weighted by atomic mass is 10.2. The average molecular weight is 248 g/mol. The maximum atomic E-state index is 12.3. The molecule has 0 saturated carbocycles. The van der Waals surface area contributed by atoms with Crippen molar-refractivity contribution in [1.82, 2.24) is 10.1 Å². The van der Waals surface area contributed by atoms with Gasteiger partial charge in [0.05, 0.1) is 18.8 Å². The molecule has 0 aromatic carbocycles. The largest absolute Gasteiger partial charge is 0.395 e. The summed E-state index contributed by atoms with van der Waals surface area (Å²) in [6.07, 6.45) is -2.65. The van der Waals surface area contributed by atoms with E-state index in [4.69, 9.17) is 9.63 Å². The van der Waals surface area contributed by atoms with Crippen molar-refractivity contribution in [3.05, 3.63) is 17.0 Å². The van der Waals surface area contributed by atoms with E-state index < -0.39 is 18.9 Å². The summed E-state index contributed by atoms with van der Waals surface area (Å²) >= 11 is 0. The molecule has 0 unspecified atom stereocenters. The summed E-state index contributed by atoms with van der Waals surface area (Å²) < 4.78 is 29.4. The fourth-order valence-electron chi connectivity index (χ4n) is 1.51. The van der Waals surface area contributed by atoms with E-state index in [-0.39, 0.29) is 24.5 Å². The highest BCUT2D eigenvalue weighted by Crippen LogP contribution is 2.15. The Balaban J connectivity index is 2.91. The first-order chi connectivity index (χ1) is 7.97. The Morgan fingerprint density at radius 2 is 2.18 bits per heavy atom. The number of hydrogen-bond donors (Lipinski definition) is 1. The van der Waals surface area contributed by atoms with Gasteiger partial charge in [-0.15, -0.1) is 0 Å². The lowest BCUT2D eigenvalue weighted by Crippen LogP contribution is -2.37. The first-order valence-electron chi connectivity index (χ1n) is 5.08. The van der Waals surface area contributed by atoms with Gasteiger partial charge in [0.1, 0.15) is 11.3 Å². The first kappa shape index (κ1) is 13.6. The number of hydrogen-bond acceptors (Lipinski definition) is 4. The van der Waals surface area contributed by atoms with Gasteiger partial charge in [0.2, 0.25) is 0 Å². The molecule has 1 amide bonds. The Morgan fingerprint density at radius 1 is 1.53 bits per heavy atom. The van der Waals surface area contributed by atoms with Gasteiger partial charge in [-0.1, -0.05) is 5.16 Å². The van der Waals surface area contributed by atoms with Crippen LogP contribution in [0.4, 0.5) is 8.78 Å². The number of carbonyl (C=O) groups is 1. The van der Waals surface area contributed by atoms with Crippen LogP contribution in [0.15, 0.2) is 4.52 Å². The molecular formula is C10H14F2N2O3. The highest BCUT2D eigenvalue weighted by molar-refractivity contribution is 5.96. The van der Waals surface area contributed by atoms with Gasteiger partial charge in [-0.3, -0.25) is 4.79 Å². The van der Waals surface area contributed by atoms with Crippen molar-refractivity contribution < 1.29 is 23.2 Å². The third-order valence-electron chi connectivity index (χ3n) is 2.26. The summed E-state index contributed by atoms with van der Waals surface area (Å²) in [4.78, 5) is 12.8. The minimum atomic E-state index is -2.65. The molecule has 96 valence electrons. The zero-order valence-corrected chi connectivity index (χ0v) is 9.61. The fraction of sp³-hybridized carbons (Fsp3) is 0.600. The van der Waals surface area contributed by atoms with E-state index in [1.807, 2.05) is 0 Å². The summed E-state index contributed by atoms with van der Waals surface area (Å²) in [6.45, 7) is 1.86. The van der Waals surface area contributed by atoms with Gasteiger partial charge in [-0.05, 0) is 13.8 Å². The molecule has 0 aliphatic heterocycles. The molecule has 1 N–H and O–H groups in total. The average Bonchev–Trinajstić information content (AvgIpc) is 2.56. The van der Waals surface area contributed by atoms with Gasteiger partial charge in [0, 0.05) is 6.54 Å². The van der Waals surface area contributed by atoms with Crippen molar-refractivity contribution in [1.29, 1.82) is 0 Å². The standard InChI is InChI=1S/C10H14F2N2O3/c1-6-9(7(2)17-13-6)10(16)14(3-4-15)5-8(11)12/h8,15H,3-5H2,1-2H3. The van der Waals surface area contributed by atoms with Crippen molar-refractivity contribution >= 4 is 5.91 Å². The predicted octanol–water partition coefficient (Wildman–Crippen LogP) is 0.991. The molecule has 0 spiro atoms. The monoisotopic (exact) mass is 248 g/mol. The molecule has 1 heterocycles. The molecule has 1 aromatic rings. The van der Waals surface area contributed by atoms with E-state index in [1.54, 1.807) is 6.92 Å². The van der Waals surface area contributed by atoms with Crippen LogP contribution in [-0.4, -0.2) is 47.2 Å². The Kier molecular flexibility index (Phi) is 4.56. The number of nitrogens with zero attached hydrogens (tertiary/aromatic N) is 2. The molecule has 0 atom stereocenters. The number of alkyl halides is 2. The molecule has 7 heteroatoms. The Morgan fingerprint density at radius 3 is 2.59 bits per heavy atom. The van der Waals surface area contributed by atoms with Crippen LogP contribution in [0.2, 0.25) is 0 Å². The van der Waals surface area contributed by atoms with Gasteiger partial charge >= 0.3 is 0 Å². The molecule has 0 radical (unpaired) electrons. The van der Waals surface area contributed by atoms with Crippen molar-refractivity contribution in [2.45, 2.75) is 20.3 Å². The minimum absolute atomic E-state index is 0.146. The smallest absolute Gasteiger partial charge is 0.259 e. The van der Waals surface area contributed by atoms with Crippen LogP contribution in [0.3, 0.4) is 0 Å². The maximum Gasteiger partial charge on any atom is 0.259 e. The summed E-state index contributed by atoms with van der Waals surface area (Å²) in [5.41, 5.74) is 0.531. The van der Waals surface area contributed by atoms with Gasteiger partial charge in [0.25, 0.3) is 12.3 Å². The van der Waals surface area contributed by atoms with E-state index >= 15 is 0 Å². The summed E-state index contributed by atoms with van der Waals surface area (Å²) in [5.74, 6) is -0.319. The highest BCUT2D eigenvalue weighted by atomic mass is 19.3. The second-order valence-corrected chi connectivity index (χ2v) is 3.57. The van der Waals surface area contributed by atoms with E-state index in [0.29, 0.717) is 5.69 Å². The fourth-order valence-corrected chi connectivity index (χ4v) is 1.51. The molecule has 0 saturated heterocycles. The predicted molar refractivity (Wildman–Crippen MR) is 55.0 cm³/mol. The number of aryl methyl sites for hydroxylation is 2. The summed E-state index contributed by atoms with van der Waals surface area (Å²) in [7, 11) is 0. The number of carbonyl (C=O) groups excluding carboxylic acids is 1. The Hall–Kier alpha value is -1.50. The van der Waals surface area contributed by atoms with Gasteiger partial charge in [-0.2, -0.15) is 0 Å². The molecular weight excluding hydrogens is 234 g/mol. The van der Waals surface area contributed by atoms with Gasteiger partial charge < -0.3 is 14.5 Å². The van der Waals surface area contributed by atoms with Crippen molar-refractivity contribution in [3.63, 3.8) is 0 Å². The van der Waals surface area contributed by atoms with E-state index in [0.717, 1.165) is 4.90 Å². The van der Waals surface area contributed by atoms with Crippen LogP contribution in [0.1, 0.15) is 21.8 Å². The second-order valence-electron chi connectivity index (χ2n) is 3.57. The minimum Gasteiger partial charge on any atom is -0.395 e. The third kappa shape index (κ3) is 3.23. The molecule has 0 fully saturated rings. The highest BCUT2D eigenvalue weighted by Gasteiger charge is 2.25. The second kappa shape index (κ2) is 5.72. The molecule has 0 aliphatic rings. The van der Waals surface area contributed by atoms with Crippen molar-refractivity contribution in [2.75, 3.05) is 19.7 Å². The number of aliphatic hydroxyl groups excluding tert-OH is 1. The number of aliphatic hydroxyl groups is 1.